The van der Waals surface area contributed by atoms with E-state index >= 15 is 0 Å². The van der Waals surface area contributed by atoms with Crippen LogP contribution >= 0.6 is 30.3 Å². The molecule has 0 aliphatic rings. The van der Waals surface area contributed by atoms with Gasteiger partial charge in [0.25, 0.3) is 0 Å². The Morgan fingerprint density at radius 3 is 2.75 bits per heavy atom. The predicted octanol–water partition coefficient (Wildman–Crippen LogP) is 3.38. The van der Waals surface area contributed by atoms with Gasteiger partial charge in [0.05, 0.1) is 11.8 Å². The molecule has 70 valence electrons. The van der Waals surface area contributed by atoms with E-state index in [4.69, 9.17) is 4.52 Å². The fourth-order valence-electron chi connectivity index (χ4n) is 0.515. The molecule has 12 heavy (non-hydrogen) atoms. The third kappa shape index (κ3) is 5.07. The maximum absolute atomic E-state index is 11.6. The average molecular weight is 225 g/mol. The molecule has 0 radical (unpaired) electrons. The van der Waals surface area contributed by atoms with Gasteiger partial charge in [-0.05, 0) is 36.9 Å². The molecule has 0 aliphatic carbocycles. The topological polar surface area (TPSA) is 38.7 Å². The number of hydrogen-bond donors (Lipinski definition) is 0. The monoisotopic (exact) mass is 225 g/mol. The van der Waals surface area contributed by atoms with Gasteiger partial charge in [-0.3, -0.25) is 4.57 Å². The summed E-state index contributed by atoms with van der Waals surface area (Å²) in [7, 11) is 0. The second-order valence-electron chi connectivity index (χ2n) is 1.91. The third-order valence-corrected chi connectivity index (χ3v) is 5.08. The van der Waals surface area contributed by atoms with E-state index in [-0.39, 0.29) is 0 Å². The number of thiocarbonyl (C=S) groups is 1. The Balaban J connectivity index is 4.18. The molecule has 0 aromatic carbocycles. The van der Waals surface area contributed by atoms with Crippen molar-refractivity contribution < 1.29 is 9.09 Å². The highest BCUT2D eigenvalue weighted by Crippen LogP contribution is 2.60. The molecule has 0 bridgehead atoms. The van der Waals surface area contributed by atoms with Crippen LogP contribution in [0.2, 0.25) is 0 Å². The van der Waals surface area contributed by atoms with Gasteiger partial charge in [0.1, 0.15) is 0 Å². The molecule has 0 N–H and O–H groups in total. The zero-order valence-corrected chi connectivity index (χ0v) is 9.68. The predicted molar refractivity (Wildman–Crippen MR) is 57.0 cm³/mol. The van der Waals surface area contributed by atoms with Gasteiger partial charge in [-0.2, -0.15) is 0 Å². The number of isothiocyanates is 1. The second kappa shape index (κ2) is 6.81. The SMILES string of the molecule is CCCSP(=O)(N=C=S)OCC. The maximum Gasteiger partial charge on any atom is 0.380 e. The summed E-state index contributed by atoms with van der Waals surface area (Å²) in [6, 6.07) is 0. The van der Waals surface area contributed by atoms with Gasteiger partial charge in [0.2, 0.25) is 0 Å². The van der Waals surface area contributed by atoms with Crippen molar-refractivity contribution in [2.75, 3.05) is 12.4 Å². The van der Waals surface area contributed by atoms with Crippen molar-refractivity contribution in [3.05, 3.63) is 0 Å². The van der Waals surface area contributed by atoms with E-state index < -0.39 is 6.72 Å². The Kier molecular flexibility index (Phi) is 7.01. The van der Waals surface area contributed by atoms with Gasteiger partial charge < -0.3 is 4.52 Å². The molecule has 1 unspecified atom stereocenters. The van der Waals surface area contributed by atoms with E-state index in [0.29, 0.717) is 6.61 Å². The Morgan fingerprint density at radius 1 is 1.67 bits per heavy atom. The fraction of sp³-hybridized carbons (Fsp3) is 0.833. The molecular formula is C6H12NO2PS2. The minimum atomic E-state index is -2.91. The fourth-order valence-corrected chi connectivity index (χ4v) is 4.10. The normalized spacial score (nSPS) is 14.8. The van der Waals surface area contributed by atoms with Crippen LogP contribution in [0.25, 0.3) is 0 Å². The van der Waals surface area contributed by atoms with Crippen LogP contribution < -0.4 is 0 Å². The molecule has 0 fully saturated rings. The highest BCUT2D eigenvalue weighted by molar-refractivity contribution is 8.56. The van der Waals surface area contributed by atoms with Crippen LogP contribution in [0.4, 0.5) is 0 Å². The lowest BCUT2D eigenvalue weighted by Gasteiger charge is -2.08. The first-order chi connectivity index (χ1) is 5.68. The number of hydrogen-bond acceptors (Lipinski definition) is 4. The van der Waals surface area contributed by atoms with Gasteiger partial charge in [0, 0.05) is 5.75 Å². The molecule has 1 atom stereocenters. The average Bonchev–Trinajstić information content (AvgIpc) is 2.02. The molecular weight excluding hydrogens is 213 g/mol. The Hall–Kier alpha value is 0.340. The summed E-state index contributed by atoms with van der Waals surface area (Å²) in [6.45, 7) is 1.25. The van der Waals surface area contributed by atoms with E-state index in [1.807, 2.05) is 6.92 Å². The molecule has 0 spiro atoms. The van der Waals surface area contributed by atoms with E-state index in [9.17, 15) is 4.57 Å². The van der Waals surface area contributed by atoms with Gasteiger partial charge in [-0.15, -0.1) is 4.76 Å². The Morgan fingerprint density at radius 2 is 2.33 bits per heavy atom. The van der Waals surface area contributed by atoms with Crippen LogP contribution in [-0.4, -0.2) is 17.5 Å². The van der Waals surface area contributed by atoms with Gasteiger partial charge >= 0.3 is 6.72 Å². The van der Waals surface area contributed by atoms with Crippen LogP contribution in [0, 0.1) is 0 Å². The standard InChI is InChI=1S/C6H12NO2PS2/c1-3-5-12-10(8,7-6-11)9-4-2/h3-5H2,1-2H3. The van der Waals surface area contributed by atoms with Crippen molar-refractivity contribution in [2.24, 2.45) is 4.76 Å². The van der Waals surface area contributed by atoms with Crippen LogP contribution in [0.3, 0.4) is 0 Å². The van der Waals surface area contributed by atoms with Crippen molar-refractivity contribution in [1.29, 1.82) is 0 Å². The van der Waals surface area contributed by atoms with Gasteiger partial charge in [-0.25, -0.2) is 0 Å². The van der Waals surface area contributed by atoms with Crippen LogP contribution in [0.15, 0.2) is 4.76 Å². The molecule has 0 aliphatic heterocycles. The van der Waals surface area contributed by atoms with Crippen molar-refractivity contribution in [2.45, 2.75) is 20.3 Å². The van der Waals surface area contributed by atoms with E-state index in [1.165, 1.54) is 11.4 Å². The van der Waals surface area contributed by atoms with Crippen molar-refractivity contribution in [3.8, 4) is 0 Å². The minimum absolute atomic E-state index is 0.383. The lowest BCUT2D eigenvalue weighted by atomic mass is 10.6. The van der Waals surface area contributed by atoms with Gasteiger partial charge in [-0.1, -0.05) is 6.92 Å². The van der Waals surface area contributed by atoms with Crippen LogP contribution in [0.1, 0.15) is 20.3 Å². The molecule has 0 heterocycles. The third-order valence-electron chi connectivity index (χ3n) is 0.914. The van der Waals surface area contributed by atoms with Crippen molar-refractivity contribution in [1.82, 2.24) is 0 Å². The van der Waals surface area contributed by atoms with Crippen molar-refractivity contribution in [3.63, 3.8) is 0 Å². The molecule has 0 aromatic rings. The first-order valence-corrected chi connectivity index (χ1v) is 7.24. The summed E-state index contributed by atoms with van der Waals surface area (Å²) in [5.41, 5.74) is 0. The summed E-state index contributed by atoms with van der Waals surface area (Å²) in [4.78, 5) is 0. The molecule has 3 nitrogen and oxygen atoms in total. The lowest BCUT2D eigenvalue weighted by Crippen LogP contribution is -1.84. The zero-order chi connectivity index (χ0) is 9.45. The van der Waals surface area contributed by atoms with E-state index in [2.05, 4.69) is 22.1 Å². The summed E-state index contributed by atoms with van der Waals surface area (Å²) in [5.74, 6) is 0.762. The Bertz CT molecular complexity index is 216. The molecule has 6 heteroatoms. The van der Waals surface area contributed by atoms with Crippen molar-refractivity contribution >= 4 is 35.5 Å². The second-order valence-corrected chi connectivity index (χ2v) is 6.31. The maximum atomic E-state index is 11.6. The number of nitrogens with zero attached hydrogens (tertiary/aromatic N) is 1. The first kappa shape index (κ1) is 12.3. The molecule has 0 rings (SSSR count). The first-order valence-electron chi connectivity index (χ1n) is 3.67. The quantitative estimate of drug-likeness (QED) is 0.394. The highest BCUT2D eigenvalue weighted by Gasteiger charge is 2.20. The summed E-state index contributed by atoms with van der Waals surface area (Å²) < 4.78 is 20.2. The van der Waals surface area contributed by atoms with E-state index in [0.717, 1.165) is 12.2 Å². The van der Waals surface area contributed by atoms with E-state index in [1.54, 1.807) is 6.92 Å². The zero-order valence-electron chi connectivity index (χ0n) is 7.15. The van der Waals surface area contributed by atoms with Crippen LogP contribution in [-0.2, 0) is 9.09 Å². The minimum Gasteiger partial charge on any atom is -0.304 e. The summed E-state index contributed by atoms with van der Waals surface area (Å²) in [5, 5.41) is 2.10. The highest BCUT2D eigenvalue weighted by atomic mass is 32.7. The summed E-state index contributed by atoms with van der Waals surface area (Å²) >= 11 is 5.59. The van der Waals surface area contributed by atoms with Crippen LogP contribution in [0.5, 0.6) is 0 Å². The molecule has 0 saturated heterocycles. The molecule has 0 saturated carbocycles. The number of rotatable bonds is 6. The largest absolute Gasteiger partial charge is 0.380 e. The molecule has 0 amide bonds. The smallest absolute Gasteiger partial charge is 0.304 e. The van der Waals surface area contributed by atoms with Gasteiger partial charge in [0.15, 0.2) is 0 Å². The Labute approximate surface area is 82.2 Å². The lowest BCUT2D eigenvalue weighted by molar-refractivity contribution is 0.347. The summed E-state index contributed by atoms with van der Waals surface area (Å²) in [6.07, 6.45) is 0.939. The molecule has 0 aromatic heterocycles.